The third-order valence-corrected chi connectivity index (χ3v) is 17.7. The van der Waals surface area contributed by atoms with Crippen LogP contribution < -0.4 is 0 Å². The van der Waals surface area contributed by atoms with Crippen LogP contribution in [-0.4, -0.2) is 136 Å². The summed E-state index contributed by atoms with van der Waals surface area (Å²) in [5, 5.41) is 0. The van der Waals surface area contributed by atoms with Crippen LogP contribution in [0.1, 0.15) is 107 Å². The molecule has 0 aromatic heterocycles. The first-order valence-corrected chi connectivity index (χ1v) is 29.7. The molecule has 0 spiro atoms. The van der Waals surface area contributed by atoms with Crippen LogP contribution in [0.5, 0.6) is 0 Å². The van der Waals surface area contributed by atoms with Crippen molar-refractivity contribution in [3.63, 3.8) is 0 Å². The van der Waals surface area contributed by atoms with E-state index in [1.165, 1.54) is 26.0 Å². The second-order valence-electron chi connectivity index (χ2n) is 23.3. The van der Waals surface area contributed by atoms with E-state index in [-0.39, 0.29) is 49.7 Å². The Kier molecular flexibility index (Phi) is 24.0. The van der Waals surface area contributed by atoms with Crippen LogP contribution in [0.2, 0.25) is 0 Å². The summed E-state index contributed by atoms with van der Waals surface area (Å²) in [4.78, 5) is 43.1. The average Bonchev–Trinajstić information content (AvgIpc) is 3.27. The SMILES string of the molecule is CCC1OC(OC(=Nc2ccccc2)C(F)(F)F)C(O[C@@H]2OC(COCc3ccccc3)[C@@H](O[C@@H]3OC(CO[C@@]4(C(=O)OC)OC([C@H](OC(C)=O)[C@@H](CC)OC(C)=O)[C@H](C)[C@H](C)C4F)[C@H](OCc4ccccc4)[C@H](C)C3C)[C@H](C)C2C)[C@@H](C)[C@@H]1C. The summed E-state index contributed by atoms with van der Waals surface area (Å²) in [5.74, 6) is -10.7. The number of carbonyl (C=O) groups excluding carboxylic acids is 3. The molecule has 4 heterocycles. The number of para-hydroxylation sites is 1. The molecule has 0 radical (unpaired) electrons. The standard InChI is InChI=1S/C64H87F4NO16/c1-14-48-35(3)36(4)55(60(79-48)84-61(64(66,67)68)69-47-29-23-18-24-30-47)83-59-42(10)39(7)53(50(80-59)33-74-31-45-25-19-16-20-26-45)82-58-41(9)38(6)52(75-32-46-27-21-17-22-28-46)51(81-58)34-76-63(62(72)73-13)57(65)40(8)37(5)54(85-63)56(78-44(12)71)49(15-2)77-43(11)70/h16-30,35-42,48-60H,14-15,31-34H2,1-13H3/t35-,36-,37+,38+,39+,40-,41?,42?,48?,49+,50?,51?,52+,53-,54?,55?,56+,57?,58-,59-,60?,63+/m0/s1. The fourth-order valence-electron chi connectivity index (χ4n) is 11.9. The zero-order valence-corrected chi connectivity index (χ0v) is 51.0. The molecule has 22 atom stereocenters. The number of benzene rings is 3. The van der Waals surface area contributed by atoms with E-state index in [9.17, 15) is 27.6 Å². The van der Waals surface area contributed by atoms with Gasteiger partial charge in [0.2, 0.25) is 6.29 Å². The molecule has 4 fully saturated rings. The smallest absolute Gasteiger partial charge is 0.465 e. The minimum absolute atomic E-state index is 0.0191. The van der Waals surface area contributed by atoms with Gasteiger partial charge in [0, 0.05) is 25.7 Å². The van der Waals surface area contributed by atoms with E-state index in [0.717, 1.165) is 18.2 Å². The monoisotopic (exact) mass is 1200 g/mol. The van der Waals surface area contributed by atoms with Gasteiger partial charge in [-0.15, -0.1) is 0 Å². The highest BCUT2D eigenvalue weighted by Crippen LogP contribution is 2.46. The number of halogens is 4. The Hall–Kier alpha value is -5.10. The Morgan fingerprint density at radius 3 is 1.67 bits per heavy atom. The van der Waals surface area contributed by atoms with Crippen molar-refractivity contribution in [1.29, 1.82) is 0 Å². The zero-order valence-electron chi connectivity index (χ0n) is 51.0. The Morgan fingerprint density at radius 2 is 1.13 bits per heavy atom. The summed E-state index contributed by atoms with van der Waals surface area (Å²) < 4.78 is 145. The van der Waals surface area contributed by atoms with Gasteiger partial charge in [-0.25, -0.2) is 14.2 Å². The number of methoxy groups -OCH3 is 1. The largest absolute Gasteiger partial charge is 0.468 e. The molecule has 472 valence electrons. The normalized spacial score (nSPS) is 35.3. The van der Waals surface area contributed by atoms with Gasteiger partial charge in [0.25, 0.3) is 5.90 Å². The number of esters is 3. The minimum Gasteiger partial charge on any atom is -0.465 e. The third-order valence-electron chi connectivity index (χ3n) is 17.7. The molecule has 7 rings (SSSR count). The minimum atomic E-state index is -4.98. The molecule has 0 amide bonds. The van der Waals surface area contributed by atoms with Crippen molar-refractivity contribution in [2.45, 2.75) is 201 Å². The first-order valence-electron chi connectivity index (χ1n) is 29.7. The van der Waals surface area contributed by atoms with Crippen molar-refractivity contribution in [3.8, 4) is 0 Å². The molecule has 0 N–H and O–H groups in total. The van der Waals surface area contributed by atoms with Gasteiger partial charge in [0.05, 0.1) is 57.5 Å². The number of alkyl halides is 4. The van der Waals surface area contributed by atoms with Gasteiger partial charge in [-0.2, -0.15) is 13.2 Å². The number of carbonyl (C=O) groups is 3. The van der Waals surface area contributed by atoms with E-state index in [2.05, 4.69) is 4.99 Å². The number of hydrogen-bond acceptors (Lipinski definition) is 17. The fourth-order valence-corrected chi connectivity index (χ4v) is 11.9. The average molecular weight is 1200 g/mol. The Labute approximate surface area is 497 Å². The number of ether oxygens (including phenoxy) is 13. The zero-order chi connectivity index (χ0) is 61.9. The molecule has 0 bridgehead atoms. The second kappa shape index (κ2) is 30.2. The van der Waals surface area contributed by atoms with E-state index in [1.54, 1.807) is 39.0 Å². The van der Waals surface area contributed by atoms with E-state index in [0.29, 0.717) is 6.42 Å². The van der Waals surface area contributed by atoms with Crippen LogP contribution in [0.3, 0.4) is 0 Å². The maximum atomic E-state index is 17.4. The van der Waals surface area contributed by atoms with Crippen LogP contribution in [0, 0.1) is 47.3 Å². The van der Waals surface area contributed by atoms with Crippen LogP contribution in [0.25, 0.3) is 0 Å². The Bertz CT molecular complexity index is 2610. The predicted molar refractivity (Wildman–Crippen MR) is 303 cm³/mol. The maximum Gasteiger partial charge on any atom is 0.468 e. The lowest BCUT2D eigenvalue weighted by atomic mass is 9.77. The summed E-state index contributed by atoms with van der Waals surface area (Å²) in [6, 6.07) is 26.7. The van der Waals surface area contributed by atoms with E-state index < -0.39 is 152 Å². The quantitative estimate of drug-likeness (QED) is 0.0287. The van der Waals surface area contributed by atoms with E-state index >= 15 is 4.39 Å². The highest BCUT2D eigenvalue weighted by atomic mass is 19.4. The van der Waals surface area contributed by atoms with Gasteiger partial charge in [-0.05, 0) is 71.6 Å². The van der Waals surface area contributed by atoms with E-state index in [1.807, 2.05) is 109 Å². The number of nitrogens with zero attached hydrogens (tertiary/aromatic N) is 1. The molecule has 85 heavy (non-hydrogen) atoms. The van der Waals surface area contributed by atoms with Crippen molar-refractivity contribution in [2.75, 3.05) is 20.3 Å². The molecule has 17 nitrogen and oxygen atoms in total. The molecule has 4 aliphatic heterocycles. The molecule has 4 aliphatic rings. The third kappa shape index (κ3) is 16.4. The Balaban J connectivity index is 1.20. The van der Waals surface area contributed by atoms with Crippen LogP contribution in [0.4, 0.5) is 23.2 Å². The lowest BCUT2D eigenvalue weighted by Crippen LogP contribution is -2.67. The molecule has 9 unspecified atom stereocenters. The molecule has 4 saturated heterocycles. The number of aliphatic imine (C=N–C) groups is 1. The van der Waals surface area contributed by atoms with Gasteiger partial charge in [-0.3, -0.25) is 9.59 Å². The van der Waals surface area contributed by atoms with Gasteiger partial charge in [0.15, 0.2) is 24.9 Å². The number of hydrogen-bond donors (Lipinski definition) is 0. The summed E-state index contributed by atoms with van der Waals surface area (Å²) in [6.45, 7) is 20.8. The van der Waals surface area contributed by atoms with Gasteiger partial charge >= 0.3 is 29.9 Å². The lowest BCUT2D eigenvalue weighted by molar-refractivity contribution is -0.367. The van der Waals surface area contributed by atoms with Crippen molar-refractivity contribution >= 4 is 29.5 Å². The predicted octanol–water partition coefficient (Wildman–Crippen LogP) is 11.4. The van der Waals surface area contributed by atoms with Crippen LogP contribution in [0.15, 0.2) is 96.0 Å². The first kappa shape index (κ1) is 67.4. The molecular formula is C64H87F4NO16. The summed E-state index contributed by atoms with van der Waals surface area (Å²) in [5.41, 5.74) is 1.80. The van der Waals surface area contributed by atoms with Gasteiger partial charge in [0.1, 0.15) is 30.5 Å². The highest BCUT2D eigenvalue weighted by molar-refractivity contribution is 5.84. The van der Waals surface area contributed by atoms with Crippen molar-refractivity contribution in [2.24, 2.45) is 52.3 Å². The highest BCUT2D eigenvalue weighted by Gasteiger charge is 2.63. The first-order chi connectivity index (χ1) is 40.4. The molecule has 3 aromatic carbocycles. The van der Waals surface area contributed by atoms with Gasteiger partial charge in [-0.1, -0.05) is 148 Å². The second-order valence-corrected chi connectivity index (χ2v) is 23.3. The Morgan fingerprint density at radius 1 is 0.612 bits per heavy atom. The maximum absolute atomic E-state index is 17.4. The van der Waals surface area contributed by atoms with Crippen molar-refractivity contribution in [3.05, 3.63) is 102 Å². The number of rotatable bonds is 23. The summed E-state index contributed by atoms with van der Waals surface area (Å²) in [6.07, 6.45) is -18.6. The van der Waals surface area contributed by atoms with Crippen molar-refractivity contribution < 1.29 is 93.5 Å². The van der Waals surface area contributed by atoms with Crippen LogP contribution in [-0.2, 0) is 89.2 Å². The summed E-state index contributed by atoms with van der Waals surface area (Å²) in [7, 11) is 1.07. The molecule has 3 aromatic rings. The molecular weight excluding hydrogens is 1110 g/mol. The summed E-state index contributed by atoms with van der Waals surface area (Å²) >= 11 is 0. The van der Waals surface area contributed by atoms with Crippen molar-refractivity contribution in [1.82, 2.24) is 0 Å². The molecule has 0 saturated carbocycles. The van der Waals surface area contributed by atoms with Gasteiger partial charge < -0.3 is 61.6 Å². The molecule has 21 heteroatoms. The topological polar surface area (TPSA) is 184 Å². The lowest BCUT2D eigenvalue weighted by Gasteiger charge is -2.51. The molecule has 0 aliphatic carbocycles. The fraction of sp³-hybridized carbons (Fsp3) is 0.656. The van der Waals surface area contributed by atoms with E-state index in [4.69, 9.17) is 61.6 Å². The van der Waals surface area contributed by atoms with Crippen LogP contribution >= 0.6 is 0 Å².